The molecule has 0 saturated heterocycles. The Morgan fingerprint density at radius 1 is 1.33 bits per heavy atom. The molecule has 1 heterocycles. The van der Waals surface area contributed by atoms with Crippen molar-refractivity contribution in [1.29, 1.82) is 0 Å². The molecule has 3 nitrogen and oxygen atoms in total. The molecule has 0 fully saturated rings. The minimum Gasteiger partial charge on any atom is -0.497 e. The SMILES string of the molecule is C=CCNC(=O)C(=Cc1ccc(OC)cc1)c1cccs1. The van der Waals surface area contributed by atoms with Gasteiger partial charge in [0.15, 0.2) is 0 Å². The summed E-state index contributed by atoms with van der Waals surface area (Å²) in [5, 5.41) is 4.78. The van der Waals surface area contributed by atoms with E-state index in [0.29, 0.717) is 12.1 Å². The molecule has 1 amide bonds. The molecule has 0 aliphatic heterocycles. The van der Waals surface area contributed by atoms with Crippen LogP contribution in [0.25, 0.3) is 11.6 Å². The third kappa shape index (κ3) is 4.07. The fourth-order valence-electron chi connectivity index (χ4n) is 1.81. The van der Waals surface area contributed by atoms with E-state index in [1.165, 1.54) is 0 Å². The average molecular weight is 299 g/mol. The van der Waals surface area contributed by atoms with Gasteiger partial charge in [0, 0.05) is 11.4 Å². The molecule has 0 aliphatic rings. The van der Waals surface area contributed by atoms with Crippen molar-refractivity contribution in [3.8, 4) is 5.75 Å². The quantitative estimate of drug-likeness (QED) is 0.654. The molecule has 1 aromatic carbocycles. The van der Waals surface area contributed by atoms with E-state index in [4.69, 9.17) is 4.74 Å². The molecule has 0 spiro atoms. The number of nitrogens with one attached hydrogen (secondary N) is 1. The van der Waals surface area contributed by atoms with Crippen molar-refractivity contribution in [3.05, 3.63) is 64.9 Å². The van der Waals surface area contributed by atoms with Crippen molar-refractivity contribution in [2.45, 2.75) is 0 Å². The molecule has 0 bridgehead atoms. The van der Waals surface area contributed by atoms with Crippen molar-refractivity contribution < 1.29 is 9.53 Å². The Hall–Kier alpha value is -2.33. The van der Waals surface area contributed by atoms with Gasteiger partial charge in [-0.1, -0.05) is 24.3 Å². The van der Waals surface area contributed by atoms with E-state index < -0.39 is 0 Å². The summed E-state index contributed by atoms with van der Waals surface area (Å²) in [5.41, 5.74) is 1.60. The number of hydrogen-bond donors (Lipinski definition) is 1. The molecule has 0 unspecified atom stereocenters. The largest absolute Gasteiger partial charge is 0.497 e. The third-order valence-corrected chi connectivity index (χ3v) is 3.77. The minimum atomic E-state index is -0.104. The molecular formula is C17H17NO2S. The van der Waals surface area contributed by atoms with Gasteiger partial charge in [0.25, 0.3) is 5.91 Å². The van der Waals surface area contributed by atoms with E-state index in [1.54, 1.807) is 24.5 Å². The van der Waals surface area contributed by atoms with Gasteiger partial charge < -0.3 is 10.1 Å². The van der Waals surface area contributed by atoms with Gasteiger partial charge >= 0.3 is 0 Å². The predicted molar refractivity (Wildman–Crippen MR) is 88.4 cm³/mol. The summed E-state index contributed by atoms with van der Waals surface area (Å²) in [6.07, 6.45) is 3.54. The monoisotopic (exact) mass is 299 g/mol. The second-order valence-corrected chi connectivity index (χ2v) is 5.25. The lowest BCUT2D eigenvalue weighted by Gasteiger charge is -2.06. The summed E-state index contributed by atoms with van der Waals surface area (Å²) in [7, 11) is 1.63. The number of carbonyl (C=O) groups is 1. The maximum atomic E-state index is 12.3. The Kier molecular flexibility index (Phi) is 5.35. The normalized spacial score (nSPS) is 11.0. The van der Waals surface area contributed by atoms with Crippen LogP contribution in [0.3, 0.4) is 0 Å². The molecule has 4 heteroatoms. The molecule has 2 rings (SSSR count). The lowest BCUT2D eigenvalue weighted by molar-refractivity contribution is -0.115. The van der Waals surface area contributed by atoms with Gasteiger partial charge in [-0.25, -0.2) is 0 Å². The van der Waals surface area contributed by atoms with Crippen LogP contribution in [0.4, 0.5) is 0 Å². The third-order valence-electron chi connectivity index (χ3n) is 2.87. The number of carbonyl (C=O) groups excluding carboxylic acids is 1. The first kappa shape index (κ1) is 15.1. The first-order valence-electron chi connectivity index (χ1n) is 6.53. The van der Waals surface area contributed by atoms with Crippen molar-refractivity contribution in [1.82, 2.24) is 5.32 Å². The van der Waals surface area contributed by atoms with Gasteiger partial charge in [0.05, 0.1) is 12.7 Å². The zero-order valence-electron chi connectivity index (χ0n) is 11.8. The second kappa shape index (κ2) is 7.45. The van der Waals surface area contributed by atoms with E-state index in [0.717, 1.165) is 16.2 Å². The van der Waals surface area contributed by atoms with Gasteiger partial charge in [-0.2, -0.15) is 0 Å². The minimum absolute atomic E-state index is 0.104. The zero-order chi connectivity index (χ0) is 15.1. The lowest BCUT2D eigenvalue weighted by atomic mass is 10.1. The second-order valence-electron chi connectivity index (χ2n) is 4.31. The number of thiophene rings is 1. The van der Waals surface area contributed by atoms with Crippen molar-refractivity contribution in [2.75, 3.05) is 13.7 Å². The molecule has 0 saturated carbocycles. The highest BCUT2D eigenvalue weighted by Gasteiger charge is 2.12. The number of methoxy groups -OCH3 is 1. The van der Waals surface area contributed by atoms with E-state index in [-0.39, 0.29) is 5.91 Å². The molecule has 0 aliphatic carbocycles. The number of amides is 1. The van der Waals surface area contributed by atoms with Gasteiger partial charge in [0.1, 0.15) is 5.75 Å². The van der Waals surface area contributed by atoms with Crippen LogP contribution in [0.2, 0.25) is 0 Å². The summed E-state index contributed by atoms with van der Waals surface area (Å²) >= 11 is 1.54. The number of hydrogen-bond acceptors (Lipinski definition) is 3. The smallest absolute Gasteiger partial charge is 0.252 e. The fourth-order valence-corrected chi connectivity index (χ4v) is 2.55. The van der Waals surface area contributed by atoms with Crippen molar-refractivity contribution >= 4 is 28.9 Å². The van der Waals surface area contributed by atoms with Crippen LogP contribution in [-0.2, 0) is 4.79 Å². The molecule has 0 atom stereocenters. The highest BCUT2D eigenvalue weighted by molar-refractivity contribution is 7.11. The van der Waals surface area contributed by atoms with E-state index in [2.05, 4.69) is 11.9 Å². The molecule has 1 N–H and O–H groups in total. The molecule has 0 radical (unpaired) electrons. The Bertz CT molecular complexity index is 627. The lowest BCUT2D eigenvalue weighted by Crippen LogP contribution is -2.23. The maximum absolute atomic E-state index is 12.3. The molecule has 2 aromatic rings. The van der Waals surface area contributed by atoms with Crippen LogP contribution in [-0.4, -0.2) is 19.6 Å². The standard InChI is InChI=1S/C17H17NO2S/c1-3-10-18-17(19)15(16-5-4-11-21-16)12-13-6-8-14(20-2)9-7-13/h3-9,11-12H,1,10H2,2H3,(H,18,19). The average Bonchev–Trinajstić information content (AvgIpc) is 3.05. The number of ether oxygens (including phenoxy) is 1. The number of benzene rings is 1. The van der Waals surface area contributed by atoms with E-state index in [9.17, 15) is 4.79 Å². The van der Waals surface area contributed by atoms with E-state index >= 15 is 0 Å². The van der Waals surface area contributed by atoms with Gasteiger partial charge in [-0.3, -0.25) is 4.79 Å². The first-order valence-corrected chi connectivity index (χ1v) is 7.41. The van der Waals surface area contributed by atoms with Crippen molar-refractivity contribution in [3.63, 3.8) is 0 Å². The van der Waals surface area contributed by atoms with Crippen LogP contribution in [0.15, 0.2) is 54.4 Å². The Balaban J connectivity index is 2.31. The number of rotatable bonds is 6. The molecule has 1 aromatic heterocycles. The summed E-state index contributed by atoms with van der Waals surface area (Å²) in [6.45, 7) is 4.06. The van der Waals surface area contributed by atoms with Crippen LogP contribution in [0.5, 0.6) is 5.75 Å². The van der Waals surface area contributed by atoms with Crippen LogP contribution in [0.1, 0.15) is 10.4 Å². The topological polar surface area (TPSA) is 38.3 Å². The van der Waals surface area contributed by atoms with Gasteiger partial charge in [-0.05, 0) is 35.2 Å². The Morgan fingerprint density at radius 2 is 2.10 bits per heavy atom. The summed E-state index contributed by atoms with van der Waals surface area (Å²) < 4.78 is 5.14. The van der Waals surface area contributed by atoms with Gasteiger partial charge in [-0.15, -0.1) is 17.9 Å². The molecular weight excluding hydrogens is 282 g/mol. The zero-order valence-corrected chi connectivity index (χ0v) is 12.7. The predicted octanol–water partition coefficient (Wildman–Crippen LogP) is 3.60. The molecule has 108 valence electrons. The van der Waals surface area contributed by atoms with Crippen molar-refractivity contribution in [2.24, 2.45) is 0 Å². The summed E-state index contributed by atoms with van der Waals surface area (Å²) in [4.78, 5) is 13.2. The van der Waals surface area contributed by atoms with Crippen LogP contribution >= 0.6 is 11.3 Å². The summed E-state index contributed by atoms with van der Waals surface area (Å²) in [5.74, 6) is 0.689. The van der Waals surface area contributed by atoms with Crippen LogP contribution < -0.4 is 10.1 Å². The van der Waals surface area contributed by atoms with E-state index in [1.807, 2.05) is 47.9 Å². The summed E-state index contributed by atoms with van der Waals surface area (Å²) in [6, 6.07) is 11.5. The Morgan fingerprint density at radius 3 is 2.67 bits per heavy atom. The first-order chi connectivity index (χ1) is 10.2. The fraction of sp³-hybridized carbons (Fsp3) is 0.118. The highest BCUT2D eigenvalue weighted by Crippen LogP contribution is 2.24. The highest BCUT2D eigenvalue weighted by atomic mass is 32.1. The molecule has 21 heavy (non-hydrogen) atoms. The van der Waals surface area contributed by atoms with Crippen LogP contribution in [0, 0.1) is 0 Å². The van der Waals surface area contributed by atoms with Gasteiger partial charge in [0.2, 0.25) is 0 Å². The Labute approximate surface area is 128 Å². The maximum Gasteiger partial charge on any atom is 0.252 e.